The summed E-state index contributed by atoms with van der Waals surface area (Å²) in [4.78, 5) is 10.6. The number of hydrogen-bond acceptors (Lipinski definition) is 2. The largest absolute Gasteiger partial charge is 0.303 e. The minimum atomic E-state index is -0.0640. The smallest absolute Gasteiger partial charge is 0.128 e. The first-order chi connectivity index (χ1) is 5.72. The number of carbonyl (C=O) groups is 1. The van der Waals surface area contributed by atoms with Gasteiger partial charge >= 0.3 is 0 Å². The fraction of sp³-hybridized carbons (Fsp3) is 0.500. The molecule has 1 aromatic rings. The topological polar surface area (TPSA) is 34.9 Å². The van der Waals surface area contributed by atoms with Crippen molar-refractivity contribution in [1.82, 2.24) is 9.78 Å². The molecule has 0 unspecified atom stereocenters. The summed E-state index contributed by atoms with van der Waals surface area (Å²) in [5, 5.41) is 4.12. The van der Waals surface area contributed by atoms with Gasteiger partial charge in [0.25, 0.3) is 0 Å². The lowest BCUT2D eigenvalue weighted by Crippen LogP contribution is -2.08. The molecule has 12 heavy (non-hydrogen) atoms. The first kappa shape index (κ1) is 6.46. The maximum atomic E-state index is 10.6. The van der Waals surface area contributed by atoms with E-state index in [9.17, 15) is 4.79 Å². The van der Waals surface area contributed by atoms with Crippen LogP contribution in [0.25, 0.3) is 0 Å². The van der Waals surface area contributed by atoms with Gasteiger partial charge in [-0.05, 0) is 12.8 Å². The van der Waals surface area contributed by atoms with Crippen molar-refractivity contribution in [3.05, 3.63) is 12.4 Å². The van der Waals surface area contributed by atoms with E-state index in [1.807, 2.05) is 4.68 Å². The van der Waals surface area contributed by atoms with E-state index < -0.39 is 0 Å². The normalized spacial score (nSPS) is 42.0. The molecule has 58 valence electrons. The Morgan fingerprint density at radius 2 is 2.42 bits per heavy atom. The molecule has 0 aromatic carbocycles. The maximum absolute atomic E-state index is 10.6. The van der Waals surface area contributed by atoms with Crippen LogP contribution in [0.1, 0.15) is 12.8 Å². The van der Waals surface area contributed by atoms with Crippen molar-refractivity contribution in [2.24, 2.45) is 5.41 Å². The molecule has 4 heteroatoms. The summed E-state index contributed by atoms with van der Waals surface area (Å²) in [6, 6.07) is 0. The molecule has 0 saturated heterocycles. The van der Waals surface area contributed by atoms with Crippen LogP contribution in [0, 0.1) is 5.41 Å². The SMILES string of the molecule is [B]c1cnn(C23CC2(C=O)C3)c1. The quantitative estimate of drug-likeness (QED) is 0.424. The molecule has 0 N–H and O–H groups in total. The molecule has 0 bridgehead atoms. The van der Waals surface area contributed by atoms with Crippen LogP contribution in [0.5, 0.6) is 0 Å². The number of hydrogen-bond donors (Lipinski definition) is 0. The third-order valence-electron chi connectivity index (χ3n) is 3.16. The van der Waals surface area contributed by atoms with Gasteiger partial charge in [-0.2, -0.15) is 5.10 Å². The highest BCUT2D eigenvalue weighted by Gasteiger charge is 2.85. The minimum absolute atomic E-state index is 0.0341. The lowest BCUT2D eigenvalue weighted by molar-refractivity contribution is -0.110. The molecule has 3 rings (SSSR count). The average molecular weight is 158 g/mol. The molecular weight excluding hydrogens is 151 g/mol. The number of nitrogens with zero attached hydrogens (tertiary/aromatic N) is 2. The highest BCUT2D eigenvalue weighted by molar-refractivity contribution is 6.31. The second-order valence-electron chi connectivity index (χ2n) is 3.88. The molecular formula is C8H7BN2O. The van der Waals surface area contributed by atoms with Gasteiger partial charge in [-0.3, -0.25) is 4.68 Å². The predicted octanol–water partition coefficient (Wildman–Crippen LogP) is -0.635. The van der Waals surface area contributed by atoms with E-state index in [1.165, 1.54) is 0 Å². The van der Waals surface area contributed by atoms with Gasteiger partial charge in [-0.15, -0.1) is 0 Å². The Labute approximate surface area is 71.2 Å². The molecule has 0 atom stereocenters. The van der Waals surface area contributed by atoms with Crippen molar-refractivity contribution >= 4 is 19.6 Å². The molecule has 0 aliphatic heterocycles. The zero-order valence-corrected chi connectivity index (χ0v) is 6.53. The fourth-order valence-electron chi connectivity index (χ4n) is 2.06. The predicted molar refractivity (Wildman–Crippen MR) is 43.3 cm³/mol. The Balaban J connectivity index is 1.99. The zero-order chi connectivity index (χ0) is 8.40. The lowest BCUT2D eigenvalue weighted by Gasteiger charge is -2.00. The first-order valence-corrected chi connectivity index (χ1v) is 3.99. The molecule has 1 aromatic heterocycles. The number of carbonyl (C=O) groups excluding carboxylic acids is 1. The van der Waals surface area contributed by atoms with Gasteiger partial charge in [0.05, 0.1) is 11.0 Å². The summed E-state index contributed by atoms with van der Waals surface area (Å²) in [6.45, 7) is 0. The molecule has 2 saturated carbocycles. The van der Waals surface area contributed by atoms with Crippen LogP contribution >= 0.6 is 0 Å². The van der Waals surface area contributed by atoms with Gasteiger partial charge in [0.2, 0.25) is 0 Å². The van der Waals surface area contributed by atoms with E-state index in [-0.39, 0.29) is 11.0 Å². The second-order valence-corrected chi connectivity index (χ2v) is 3.88. The standard InChI is InChI=1S/C8H7BN2O/c9-6-1-10-11(2-6)8-3-7(8,4-8)5-12/h1-2,5H,3-4H2. The number of rotatable bonds is 2. The van der Waals surface area contributed by atoms with E-state index in [2.05, 4.69) is 5.10 Å². The van der Waals surface area contributed by atoms with Gasteiger partial charge in [-0.25, -0.2) is 0 Å². The summed E-state index contributed by atoms with van der Waals surface area (Å²) in [5.41, 5.74) is 0.639. The van der Waals surface area contributed by atoms with Crippen molar-refractivity contribution in [3.8, 4) is 0 Å². The fourth-order valence-corrected chi connectivity index (χ4v) is 2.06. The van der Waals surface area contributed by atoms with Gasteiger partial charge in [-0.1, -0.05) is 5.46 Å². The zero-order valence-electron chi connectivity index (χ0n) is 6.53. The summed E-state index contributed by atoms with van der Waals surface area (Å²) in [6.07, 6.45) is 6.39. The van der Waals surface area contributed by atoms with Gasteiger partial charge in [0, 0.05) is 12.4 Å². The second kappa shape index (κ2) is 1.51. The molecule has 1 heterocycles. The Morgan fingerprint density at radius 1 is 1.67 bits per heavy atom. The van der Waals surface area contributed by atoms with Gasteiger partial charge in [0.1, 0.15) is 14.1 Å². The van der Waals surface area contributed by atoms with Crippen molar-refractivity contribution in [1.29, 1.82) is 0 Å². The number of aldehydes is 1. The van der Waals surface area contributed by atoms with Crippen LogP contribution in [-0.2, 0) is 10.3 Å². The molecule has 2 aliphatic carbocycles. The van der Waals surface area contributed by atoms with Crippen molar-refractivity contribution in [2.75, 3.05) is 0 Å². The molecule has 0 amide bonds. The lowest BCUT2D eigenvalue weighted by atomic mass is 10.0. The highest BCUT2D eigenvalue weighted by Crippen LogP contribution is 2.82. The number of aromatic nitrogens is 2. The summed E-state index contributed by atoms with van der Waals surface area (Å²) in [7, 11) is 5.53. The van der Waals surface area contributed by atoms with Crippen LogP contribution < -0.4 is 5.46 Å². The highest BCUT2D eigenvalue weighted by atomic mass is 16.1. The van der Waals surface area contributed by atoms with Crippen LogP contribution in [0.4, 0.5) is 0 Å². The van der Waals surface area contributed by atoms with E-state index in [0.717, 1.165) is 19.1 Å². The van der Waals surface area contributed by atoms with E-state index in [4.69, 9.17) is 7.85 Å². The summed E-state index contributed by atoms with van der Waals surface area (Å²) >= 11 is 0. The Morgan fingerprint density at radius 3 is 2.83 bits per heavy atom. The van der Waals surface area contributed by atoms with E-state index in [1.54, 1.807) is 12.4 Å². The molecule has 2 aliphatic rings. The summed E-state index contributed by atoms with van der Waals surface area (Å²) in [5.74, 6) is 0. The monoisotopic (exact) mass is 158 g/mol. The Bertz CT molecular complexity index is 365. The molecule has 2 radical (unpaired) electrons. The average Bonchev–Trinajstić information content (AvgIpc) is 2.78. The Kier molecular flexibility index (Phi) is 0.814. The van der Waals surface area contributed by atoms with E-state index in [0.29, 0.717) is 5.46 Å². The Hall–Kier alpha value is -1.06. The molecule has 0 spiro atoms. The first-order valence-electron chi connectivity index (χ1n) is 3.99. The minimum Gasteiger partial charge on any atom is -0.303 e. The number of fused-ring (bicyclic) bond motifs is 1. The van der Waals surface area contributed by atoms with Crippen LogP contribution in [0.3, 0.4) is 0 Å². The third-order valence-corrected chi connectivity index (χ3v) is 3.16. The van der Waals surface area contributed by atoms with Crippen molar-refractivity contribution < 1.29 is 4.79 Å². The van der Waals surface area contributed by atoms with Crippen LogP contribution in [-0.4, -0.2) is 23.9 Å². The molecule has 3 nitrogen and oxygen atoms in total. The van der Waals surface area contributed by atoms with Gasteiger partial charge in [0.15, 0.2) is 0 Å². The van der Waals surface area contributed by atoms with Gasteiger partial charge < -0.3 is 4.79 Å². The maximum Gasteiger partial charge on any atom is 0.128 e. The van der Waals surface area contributed by atoms with E-state index >= 15 is 0 Å². The third kappa shape index (κ3) is 0.490. The molecule has 2 fully saturated rings. The van der Waals surface area contributed by atoms with Crippen LogP contribution in [0.2, 0.25) is 0 Å². The van der Waals surface area contributed by atoms with Crippen LogP contribution in [0.15, 0.2) is 12.4 Å². The van der Waals surface area contributed by atoms with Crippen molar-refractivity contribution in [3.63, 3.8) is 0 Å². The summed E-state index contributed by atoms with van der Waals surface area (Å²) < 4.78 is 1.84. The van der Waals surface area contributed by atoms with Crippen molar-refractivity contribution in [2.45, 2.75) is 18.4 Å².